The second kappa shape index (κ2) is 13.3. The summed E-state index contributed by atoms with van der Waals surface area (Å²) in [6, 6.07) is 8.46. The molecule has 0 heterocycles. The fourth-order valence-corrected chi connectivity index (χ4v) is 2.98. The third-order valence-corrected chi connectivity index (χ3v) is 4.80. The van der Waals surface area contributed by atoms with E-state index in [1.54, 1.807) is 6.92 Å². The summed E-state index contributed by atoms with van der Waals surface area (Å²) < 4.78 is 5.00. The van der Waals surface area contributed by atoms with Gasteiger partial charge in [0.1, 0.15) is 0 Å². The van der Waals surface area contributed by atoms with E-state index in [0.29, 0.717) is 26.1 Å². The van der Waals surface area contributed by atoms with Crippen molar-refractivity contribution in [3.63, 3.8) is 0 Å². The van der Waals surface area contributed by atoms with Gasteiger partial charge in [-0.3, -0.25) is 9.59 Å². The molecule has 1 aromatic rings. The summed E-state index contributed by atoms with van der Waals surface area (Å²) in [5.74, 6) is -0.114. The number of aryl methyl sites for hydroxylation is 2. The summed E-state index contributed by atoms with van der Waals surface area (Å²) in [6.45, 7) is 12.3. The topological polar surface area (TPSA) is 49.9 Å². The largest absolute Gasteiger partial charge is 0.466 e. The molecule has 0 fully saturated rings. The molecule has 0 saturated carbocycles. The van der Waals surface area contributed by atoms with Crippen molar-refractivity contribution < 1.29 is 14.3 Å². The summed E-state index contributed by atoms with van der Waals surface area (Å²) in [7, 11) is 0. The summed E-state index contributed by atoms with van der Waals surface area (Å²) in [6.07, 6.45) is 2.49. The number of esters is 1. The number of hydrogen-bond acceptors (Lipinski definition) is 4. The second-order valence-electron chi connectivity index (χ2n) is 6.80. The Hall–Kier alpha value is -1.88. The number of benzene rings is 1. The molecule has 0 radical (unpaired) electrons. The molecule has 0 bridgehead atoms. The van der Waals surface area contributed by atoms with Crippen molar-refractivity contribution >= 4 is 11.9 Å². The normalized spacial score (nSPS) is 10.9. The molecule has 0 atom stereocenters. The number of nitrogens with zero attached hydrogens (tertiary/aromatic N) is 2. The van der Waals surface area contributed by atoms with Crippen LogP contribution in [-0.4, -0.2) is 61.0 Å². The Kier molecular flexibility index (Phi) is 11.4. The zero-order chi connectivity index (χ0) is 20.1. The fourth-order valence-electron chi connectivity index (χ4n) is 2.98. The molecule has 1 amide bonds. The zero-order valence-electron chi connectivity index (χ0n) is 17.5. The first-order chi connectivity index (χ1) is 13.0. The van der Waals surface area contributed by atoms with Crippen LogP contribution in [0.15, 0.2) is 24.3 Å². The highest BCUT2D eigenvalue weighted by molar-refractivity contribution is 5.77. The number of hydrogen-bond donors (Lipinski definition) is 0. The van der Waals surface area contributed by atoms with Crippen molar-refractivity contribution in [3.05, 3.63) is 35.4 Å². The van der Waals surface area contributed by atoms with E-state index in [1.165, 1.54) is 11.1 Å². The van der Waals surface area contributed by atoms with Crippen LogP contribution in [-0.2, 0) is 20.7 Å². The minimum absolute atomic E-state index is 0.124. The van der Waals surface area contributed by atoms with Gasteiger partial charge in [0.25, 0.3) is 0 Å². The fraction of sp³-hybridized carbons (Fsp3) is 0.636. The maximum absolute atomic E-state index is 12.7. The number of carbonyl (C=O) groups is 2. The molecule has 0 saturated heterocycles. The number of likely N-dealkylation sites (N-methyl/N-ethyl adjacent to an activating group) is 1. The summed E-state index contributed by atoms with van der Waals surface area (Å²) in [5, 5.41) is 0. The first-order valence-corrected chi connectivity index (χ1v) is 10.2. The second-order valence-corrected chi connectivity index (χ2v) is 6.80. The first kappa shape index (κ1) is 23.2. The molecule has 152 valence electrons. The van der Waals surface area contributed by atoms with Gasteiger partial charge >= 0.3 is 5.97 Å². The lowest BCUT2D eigenvalue weighted by atomic mass is 10.1. The predicted molar refractivity (Wildman–Crippen MR) is 110 cm³/mol. The van der Waals surface area contributed by atoms with Crippen molar-refractivity contribution in [2.24, 2.45) is 0 Å². The molecule has 0 aliphatic heterocycles. The summed E-state index contributed by atoms with van der Waals surface area (Å²) in [5.41, 5.74) is 2.51. The average molecular weight is 377 g/mol. The predicted octanol–water partition coefficient (Wildman–Crippen LogP) is 3.44. The van der Waals surface area contributed by atoms with Gasteiger partial charge in [-0.25, -0.2) is 0 Å². The Morgan fingerprint density at radius 2 is 1.59 bits per heavy atom. The summed E-state index contributed by atoms with van der Waals surface area (Å²) in [4.78, 5) is 28.5. The van der Waals surface area contributed by atoms with E-state index in [0.717, 1.165) is 32.5 Å². The Morgan fingerprint density at radius 1 is 0.926 bits per heavy atom. The lowest BCUT2D eigenvalue weighted by Gasteiger charge is -2.26. The van der Waals surface area contributed by atoms with Crippen LogP contribution < -0.4 is 0 Å². The molecule has 0 spiro atoms. The maximum atomic E-state index is 12.7. The van der Waals surface area contributed by atoms with Crippen molar-refractivity contribution in [2.45, 2.75) is 53.4 Å². The third-order valence-electron chi connectivity index (χ3n) is 4.80. The van der Waals surface area contributed by atoms with Crippen LogP contribution in [0.3, 0.4) is 0 Å². The van der Waals surface area contributed by atoms with E-state index in [2.05, 4.69) is 49.9 Å². The molecular formula is C22H36N2O3. The quantitative estimate of drug-likeness (QED) is 0.495. The number of amides is 1. The molecule has 0 aliphatic carbocycles. The van der Waals surface area contributed by atoms with Crippen molar-refractivity contribution in [2.75, 3.05) is 39.3 Å². The van der Waals surface area contributed by atoms with Crippen molar-refractivity contribution in [1.29, 1.82) is 0 Å². The highest BCUT2D eigenvalue weighted by Crippen LogP contribution is 2.09. The van der Waals surface area contributed by atoms with Gasteiger partial charge in [0.15, 0.2) is 0 Å². The molecule has 1 rings (SSSR count). The average Bonchev–Trinajstić information content (AvgIpc) is 2.66. The highest BCUT2D eigenvalue weighted by Gasteiger charge is 2.16. The van der Waals surface area contributed by atoms with Gasteiger partial charge < -0.3 is 14.5 Å². The minimum Gasteiger partial charge on any atom is -0.466 e. The van der Waals surface area contributed by atoms with Crippen molar-refractivity contribution in [3.8, 4) is 0 Å². The molecule has 0 aliphatic rings. The minimum atomic E-state index is -0.238. The van der Waals surface area contributed by atoms with Crippen molar-refractivity contribution in [1.82, 2.24) is 9.80 Å². The zero-order valence-corrected chi connectivity index (χ0v) is 17.5. The number of ether oxygens (including phenoxy) is 1. The number of carbonyl (C=O) groups excluding carboxylic acids is 2. The SMILES string of the molecule is CCOC(=O)CCN(CCN(CC)CC)C(=O)CCCc1ccc(C)cc1. The van der Waals surface area contributed by atoms with E-state index < -0.39 is 0 Å². The van der Waals surface area contributed by atoms with E-state index >= 15 is 0 Å². The lowest BCUT2D eigenvalue weighted by Crippen LogP contribution is -2.39. The van der Waals surface area contributed by atoms with E-state index in [1.807, 2.05) is 4.90 Å². The van der Waals surface area contributed by atoms with Crippen LogP contribution in [0.4, 0.5) is 0 Å². The standard InChI is InChI=1S/C22H36N2O3/c1-5-23(6-2)17-18-24(16-15-22(26)27-7-3)21(25)10-8-9-20-13-11-19(4)12-14-20/h11-14H,5-10,15-18H2,1-4H3. The monoisotopic (exact) mass is 376 g/mol. The molecule has 27 heavy (non-hydrogen) atoms. The van der Waals surface area contributed by atoms with Gasteiger partial charge in [-0.2, -0.15) is 0 Å². The molecule has 5 nitrogen and oxygen atoms in total. The molecular weight excluding hydrogens is 340 g/mol. The Labute approximate surface area is 164 Å². The molecule has 5 heteroatoms. The maximum Gasteiger partial charge on any atom is 0.307 e. The molecule has 1 aromatic carbocycles. The van der Waals surface area contributed by atoms with Gasteiger partial charge in [0.05, 0.1) is 13.0 Å². The molecule has 0 unspecified atom stereocenters. The molecule has 0 aromatic heterocycles. The van der Waals surface area contributed by atoms with Gasteiger partial charge in [-0.05, 0) is 45.3 Å². The van der Waals surface area contributed by atoms with Crippen LogP contribution in [0.2, 0.25) is 0 Å². The van der Waals surface area contributed by atoms with E-state index in [-0.39, 0.29) is 18.3 Å². The van der Waals surface area contributed by atoms with Crippen LogP contribution in [0, 0.1) is 6.92 Å². The smallest absolute Gasteiger partial charge is 0.307 e. The van der Waals surface area contributed by atoms with Crippen LogP contribution in [0.25, 0.3) is 0 Å². The Bertz CT molecular complexity index is 553. The van der Waals surface area contributed by atoms with Crippen LogP contribution in [0.1, 0.15) is 51.2 Å². The van der Waals surface area contributed by atoms with E-state index in [4.69, 9.17) is 4.74 Å². The first-order valence-electron chi connectivity index (χ1n) is 10.2. The Morgan fingerprint density at radius 3 is 2.19 bits per heavy atom. The van der Waals surface area contributed by atoms with Gasteiger partial charge in [-0.1, -0.05) is 43.7 Å². The highest BCUT2D eigenvalue weighted by atomic mass is 16.5. The third kappa shape index (κ3) is 9.57. The summed E-state index contributed by atoms with van der Waals surface area (Å²) >= 11 is 0. The lowest BCUT2D eigenvalue weighted by molar-refractivity contribution is -0.144. The van der Waals surface area contributed by atoms with Crippen LogP contribution in [0.5, 0.6) is 0 Å². The number of rotatable bonds is 13. The Balaban J connectivity index is 2.53. The van der Waals surface area contributed by atoms with Crippen LogP contribution >= 0.6 is 0 Å². The van der Waals surface area contributed by atoms with Gasteiger partial charge in [0.2, 0.25) is 5.91 Å². The van der Waals surface area contributed by atoms with E-state index in [9.17, 15) is 9.59 Å². The van der Waals surface area contributed by atoms with Gasteiger partial charge in [-0.15, -0.1) is 0 Å². The van der Waals surface area contributed by atoms with Gasteiger partial charge in [0, 0.05) is 26.1 Å². The molecule has 0 N–H and O–H groups in total.